The van der Waals surface area contributed by atoms with Crippen LogP contribution in [-0.4, -0.2) is 41.8 Å². The molecule has 0 bridgehead atoms. The molecule has 2 N–H and O–H groups in total. The summed E-state index contributed by atoms with van der Waals surface area (Å²) >= 11 is 0. The van der Waals surface area contributed by atoms with Crippen molar-refractivity contribution in [2.75, 3.05) is 26.2 Å². The van der Waals surface area contributed by atoms with Crippen molar-refractivity contribution >= 4 is 0 Å². The zero-order chi connectivity index (χ0) is 13.7. The highest BCUT2D eigenvalue weighted by Crippen LogP contribution is 2.23. The Morgan fingerprint density at radius 1 is 1.37 bits per heavy atom. The number of benzene rings is 1. The minimum Gasteiger partial charge on any atom is -0.389 e. The van der Waals surface area contributed by atoms with E-state index in [1.54, 1.807) is 0 Å². The Hall–Kier alpha value is -0.900. The normalized spacial score (nSPS) is 25.6. The predicted octanol–water partition coefficient (Wildman–Crippen LogP) is 2.18. The lowest BCUT2D eigenvalue weighted by Gasteiger charge is -2.23. The molecular formula is C16H26N2O. The molecule has 0 aromatic heterocycles. The molecule has 1 saturated heterocycles. The van der Waals surface area contributed by atoms with Crippen LogP contribution in [0.3, 0.4) is 0 Å². The van der Waals surface area contributed by atoms with Crippen LogP contribution in [0.25, 0.3) is 0 Å². The first-order chi connectivity index (χ1) is 9.11. The van der Waals surface area contributed by atoms with E-state index in [4.69, 9.17) is 0 Å². The van der Waals surface area contributed by atoms with Crippen molar-refractivity contribution < 1.29 is 5.11 Å². The van der Waals surface area contributed by atoms with Crippen molar-refractivity contribution in [3.05, 3.63) is 35.9 Å². The highest BCUT2D eigenvalue weighted by atomic mass is 16.3. The van der Waals surface area contributed by atoms with Crippen molar-refractivity contribution in [1.82, 2.24) is 10.2 Å². The van der Waals surface area contributed by atoms with Crippen LogP contribution >= 0.6 is 0 Å². The van der Waals surface area contributed by atoms with Crippen LogP contribution in [0.5, 0.6) is 0 Å². The monoisotopic (exact) mass is 262 g/mol. The zero-order valence-corrected chi connectivity index (χ0v) is 12.1. The Labute approximate surface area is 116 Å². The zero-order valence-electron chi connectivity index (χ0n) is 12.1. The van der Waals surface area contributed by atoms with Gasteiger partial charge in [-0.15, -0.1) is 0 Å². The van der Waals surface area contributed by atoms with E-state index in [0.717, 1.165) is 39.0 Å². The number of nitrogens with one attached hydrogen (secondary N) is 1. The van der Waals surface area contributed by atoms with Gasteiger partial charge in [-0.25, -0.2) is 0 Å². The van der Waals surface area contributed by atoms with Gasteiger partial charge < -0.3 is 15.3 Å². The summed E-state index contributed by atoms with van der Waals surface area (Å²) in [6, 6.07) is 11.0. The summed E-state index contributed by atoms with van der Waals surface area (Å²) in [4.78, 5) is 2.37. The molecule has 2 rings (SSSR count). The van der Waals surface area contributed by atoms with Gasteiger partial charge in [0.1, 0.15) is 0 Å². The van der Waals surface area contributed by atoms with Crippen molar-refractivity contribution in [3.63, 3.8) is 0 Å². The second-order valence-corrected chi connectivity index (χ2v) is 5.83. The number of β-amino-alcohol motifs (C(OH)–C–C–N with tert-alkyl or cyclic N) is 1. The third kappa shape index (κ3) is 4.30. The summed E-state index contributed by atoms with van der Waals surface area (Å²) in [5.41, 5.74) is 0.871. The highest BCUT2D eigenvalue weighted by molar-refractivity contribution is 5.18. The summed E-state index contributed by atoms with van der Waals surface area (Å²) in [7, 11) is 0. The van der Waals surface area contributed by atoms with Gasteiger partial charge in [-0.1, -0.05) is 37.3 Å². The Morgan fingerprint density at radius 3 is 2.68 bits per heavy atom. The maximum atomic E-state index is 9.99. The molecule has 1 aromatic carbocycles. The molecular weight excluding hydrogens is 236 g/mol. The predicted molar refractivity (Wildman–Crippen MR) is 79.2 cm³/mol. The molecule has 1 fully saturated rings. The molecule has 1 aromatic rings. The van der Waals surface area contributed by atoms with Crippen molar-refractivity contribution in [2.24, 2.45) is 0 Å². The second kappa shape index (κ2) is 6.51. The van der Waals surface area contributed by atoms with Crippen molar-refractivity contribution in [1.29, 1.82) is 0 Å². The smallest absolute Gasteiger partial charge is 0.0758 e. The largest absolute Gasteiger partial charge is 0.389 e. The maximum Gasteiger partial charge on any atom is 0.0758 e. The van der Waals surface area contributed by atoms with Crippen LogP contribution < -0.4 is 5.32 Å². The molecule has 19 heavy (non-hydrogen) atoms. The Morgan fingerprint density at radius 2 is 2.11 bits per heavy atom. The summed E-state index contributed by atoms with van der Waals surface area (Å²) < 4.78 is 0. The molecule has 0 spiro atoms. The maximum absolute atomic E-state index is 9.99. The van der Waals surface area contributed by atoms with E-state index in [9.17, 15) is 5.11 Å². The quantitative estimate of drug-likeness (QED) is 0.825. The van der Waals surface area contributed by atoms with Gasteiger partial charge in [0.25, 0.3) is 0 Å². The summed E-state index contributed by atoms with van der Waals surface area (Å²) in [6.07, 6.45) is 1.98. The van der Waals surface area contributed by atoms with E-state index < -0.39 is 5.60 Å². The van der Waals surface area contributed by atoms with Crippen LogP contribution in [0, 0.1) is 0 Å². The van der Waals surface area contributed by atoms with Crippen LogP contribution in [0.15, 0.2) is 30.3 Å². The van der Waals surface area contributed by atoms with Crippen LogP contribution in [-0.2, 0) is 0 Å². The number of nitrogens with zero attached hydrogens (tertiary/aromatic N) is 1. The average molecular weight is 262 g/mol. The Kier molecular flexibility index (Phi) is 4.97. The lowest BCUT2D eigenvalue weighted by molar-refractivity contribution is 0.0683. The van der Waals surface area contributed by atoms with Gasteiger partial charge in [-0.3, -0.25) is 0 Å². The minimum atomic E-state index is -0.486. The third-order valence-electron chi connectivity index (χ3n) is 3.92. The number of hydrogen-bond donors (Lipinski definition) is 2. The van der Waals surface area contributed by atoms with Crippen LogP contribution in [0.1, 0.15) is 38.3 Å². The molecule has 0 aliphatic carbocycles. The van der Waals surface area contributed by atoms with Gasteiger partial charge in [0, 0.05) is 25.7 Å². The SMILES string of the molecule is CCNC(CCN1CCC(C)(O)C1)c1ccccc1. The fraction of sp³-hybridized carbons (Fsp3) is 0.625. The number of likely N-dealkylation sites (tertiary alicyclic amines) is 1. The van der Waals surface area contributed by atoms with E-state index in [0.29, 0.717) is 6.04 Å². The van der Waals surface area contributed by atoms with Gasteiger partial charge >= 0.3 is 0 Å². The van der Waals surface area contributed by atoms with Crippen molar-refractivity contribution in [3.8, 4) is 0 Å². The summed E-state index contributed by atoms with van der Waals surface area (Å²) in [6.45, 7) is 7.93. The molecule has 1 aliphatic rings. The fourth-order valence-corrected chi connectivity index (χ4v) is 2.86. The molecule has 2 atom stereocenters. The van der Waals surface area contributed by atoms with E-state index >= 15 is 0 Å². The Bertz CT molecular complexity index is 378. The number of aliphatic hydroxyl groups is 1. The molecule has 1 aliphatic heterocycles. The van der Waals surface area contributed by atoms with E-state index in [1.165, 1.54) is 5.56 Å². The van der Waals surface area contributed by atoms with Gasteiger partial charge in [0.2, 0.25) is 0 Å². The number of hydrogen-bond acceptors (Lipinski definition) is 3. The molecule has 0 saturated carbocycles. The van der Waals surface area contributed by atoms with Crippen LogP contribution in [0.4, 0.5) is 0 Å². The van der Waals surface area contributed by atoms with E-state index in [1.807, 2.05) is 6.92 Å². The summed E-state index contributed by atoms with van der Waals surface area (Å²) in [5.74, 6) is 0. The summed E-state index contributed by atoms with van der Waals surface area (Å²) in [5, 5.41) is 13.5. The van der Waals surface area contributed by atoms with Gasteiger partial charge in [0.05, 0.1) is 5.60 Å². The van der Waals surface area contributed by atoms with Crippen LogP contribution in [0.2, 0.25) is 0 Å². The Balaban J connectivity index is 1.88. The molecule has 2 unspecified atom stereocenters. The lowest BCUT2D eigenvalue weighted by Crippen LogP contribution is -2.32. The molecule has 3 nitrogen and oxygen atoms in total. The molecule has 3 heteroatoms. The molecule has 1 heterocycles. The van der Waals surface area contributed by atoms with Crippen molar-refractivity contribution in [2.45, 2.75) is 38.3 Å². The number of rotatable bonds is 6. The van der Waals surface area contributed by atoms with Gasteiger partial charge in [0.15, 0.2) is 0 Å². The van der Waals surface area contributed by atoms with E-state index in [-0.39, 0.29) is 0 Å². The minimum absolute atomic E-state index is 0.414. The first kappa shape index (κ1) is 14.5. The van der Waals surface area contributed by atoms with Gasteiger partial charge in [-0.05, 0) is 31.9 Å². The van der Waals surface area contributed by atoms with Gasteiger partial charge in [-0.2, -0.15) is 0 Å². The average Bonchev–Trinajstić information content (AvgIpc) is 2.75. The first-order valence-corrected chi connectivity index (χ1v) is 7.34. The fourth-order valence-electron chi connectivity index (χ4n) is 2.86. The molecule has 106 valence electrons. The first-order valence-electron chi connectivity index (χ1n) is 7.34. The second-order valence-electron chi connectivity index (χ2n) is 5.83. The standard InChI is InChI=1S/C16H26N2O/c1-3-17-15(14-7-5-4-6-8-14)9-11-18-12-10-16(2,19)13-18/h4-8,15,17,19H,3,9-13H2,1-2H3. The third-order valence-corrected chi connectivity index (χ3v) is 3.92. The lowest BCUT2D eigenvalue weighted by atomic mass is 10.0. The molecule has 0 amide bonds. The highest BCUT2D eigenvalue weighted by Gasteiger charge is 2.31. The topological polar surface area (TPSA) is 35.5 Å². The van der Waals surface area contributed by atoms with E-state index in [2.05, 4.69) is 47.5 Å². The molecule has 0 radical (unpaired) electrons.